The first-order valence-corrected chi connectivity index (χ1v) is 15.3. The van der Waals surface area contributed by atoms with Gasteiger partial charge >= 0.3 is 0 Å². The lowest BCUT2D eigenvalue weighted by molar-refractivity contribution is 1.07. The summed E-state index contributed by atoms with van der Waals surface area (Å²) in [6, 6.07) is 52.3. The van der Waals surface area contributed by atoms with E-state index in [2.05, 4.69) is 111 Å². The van der Waals surface area contributed by atoms with Gasteiger partial charge in [0.2, 0.25) is 5.28 Å². The smallest absolute Gasteiger partial charge is 0.226 e. The molecule has 9 rings (SSSR count). The van der Waals surface area contributed by atoms with Crippen molar-refractivity contribution < 1.29 is 0 Å². The Hall–Kier alpha value is -5.58. The number of fused-ring (bicyclic) bond motifs is 7. The second-order valence-corrected chi connectivity index (χ2v) is 11.3. The van der Waals surface area contributed by atoms with Crippen LogP contribution in [-0.4, -0.2) is 19.5 Å². The van der Waals surface area contributed by atoms with Crippen molar-refractivity contribution in [3.63, 3.8) is 0 Å². The van der Waals surface area contributed by atoms with Crippen molar-refractivity contribution in [2.45, 2.75) is 6.42 Å². The fourth-order valence-electron chi connectivity index (χ4n) is 6.31. The van der Waals surface area contributed by atoms with Gasteiger partial charge in [-0.1, -0.05) is 133 Å². The monoisotopic (exact) mass is 598 g/mol. The molecule has 0 radical (unpaired) electrons. The molecule has 0 amide bonds. The highest BCUT2D eigenvalue weighted by Gasteiger charge is 2.24. The van der Waals surface area contributed by atoms with Crippen molar-refractivity contribution in [2.24, 2.45) is 0 Å². The summed E-state index contributed by atoms with van der Waals surface area (Å²) in [4.78, 5) is 12.8. The third kappa shape index (κ3) is 4.95. The van der Waals surface area contributed by atoms with E-state index in [1.807, 2.05) is 60.7 Å². The van der Waals surface area contributed by atoms with Crippen LogP contribution < -0.4 is 0 Å². The molecule has 0 unspecified atom stereocenters. The summed E-state index contributed by atoms with van der Waals surface area (Å²) in [5.74, 6) is 1.17. The summed E-state index contributed by atoms with van der Waals surface area (Å²) < 4.78 is 2.44. The molecule has 0 N–H and O–H groups in total. The number of para-hydroxylation sites is 2. The van der Waals surface area contributed by atoms with Crippen LogP contribution in [0.25, 0.3) is 61.4 Å². The van der Waals surface area contributed by atoms with Gasteiger partial charge in [-0.3, -0.25) is 0 Å². The van der Waals surface area contributed by atoms with Crippen molar-refractivity contribution >= 4 is 33.4 Å². The highest BCUT2D eigenvalue weighted by atomic mass is 35.5. The van der Waals surface area contributed by atoms with Gasteiger partial charge in [0.15, 0.2) is 11.6 Å². The van der Waals surface area contributed by atoms with Crippen LogP contribution in [0.4, 0.5) is 0 Å². The topological polar surface area (TPSA) is 43.6 Å². The zero-order valence-corrected chi connectivity index (χ0v) is 25.1. The van der Waals surface area contributed by atoms with Gasteiger partial charge in [-0.05, 0) is 52.1 Å². The van der Waals surface area contributed by atoms with Crippen molar-refractivity contribution in [3.05, 3.63) is 168 Å². The molecule has 6 aromatic carbocycles. The van der Waals surface area contributed by atoms with Gasteiger partial charge in [0.05, 0.1) is 11.0 Å². The molecule has 1 aliphatic rings. The number of aromatic nitrogens is 4. The SMILES string of the molecule is Clc1nc(-c2ccccc2)nc(-c2ccccc2)n1.c1ccc(-n2c3ccccc3c3ccc4c(c32)Cc2ccccc2-4)cc1. The molecular weight excluding hydrogens is 572 g/mol. The number of halogens is 1. The van der Waals surface area contributed by atoms with Gasteiger partial charge in [-0.2, -0.15) is 9.97 Å². The number of rotatable bonds is 3. The molecule has 0 atom stereocenters. The minimum atomic E-state index is 0.202. The first-order valence-electron chi connectivity index (χ1n) is 15.0. The van der Waals surface area contributed by atoms with Crippen molar-refractivity contribution in [2.75, 3.05) is 0 Å². The molecule has 8 aromatic rings. The van der Waals surface area contributed by atoms with E-state index in [4.69, 9.17) is 11.6 Å². The fraction of sp³-hybridized carbons (Fsp3) is 0.0250. The normalized spacial score (nSPS) is 11.6. The molecule has 0 saturated carbocycles. The summed E-state index contributed by atoms with van der Waals surface area (Å²) in [6.07, 6.45) is 1.01. The van der Waals surface area contributed by atoms with Crippen LogP contribution in [0.5, 0.6) is 0 Å². The van der Waals surface area contributed by atoms with Crippen LogP contribution in [0.2, 0.25) is 5.28 Å². The molecule has 45 heavy (non-hydrogen) atoms. The molecule has 0 aliphatic heterocycles. The molecule has 5 heteroatoms. The average molecular weight is 599 g/mol. The first kappa shape index (κ1) is 27.0. The van der Waals surface area contributed by atoms with Crippen LogP contribution >= 0.6 is 11.6 Å². The molecule has 0 spiro atoms. The lowest BCUT2D eigenvalue weighted by Crippen LogP contribution is -1.96. The maximum absolute atomic E-state index is 5.99. The van der Waals surface area contributed by atoms with E-state index in [0.717, 1.165) is 17.5 Å². The molecular formula is C40H27ClN4. The van der Waals surface area contributed by atoms with E-state index in [0.29, 0.717) is 11.6 Å². The van der Waals surface area contributed by atoms with Gasteiger partial charge in [0.1, 0.15) is 0 Å². The predicted octanol–water partition coefficient (Wildman–Crippen LogP) is 10.2. The lowest BCUT2D eigenvalue weighted by atomic mass is 10.0. The maximum Gasteiger partial charge on any atom is 0.226 e. The lowest BCUT2D eigenvalue weighted by Gasteiger charge is -2.10. The quantitative estimate of drug-likeness (QED) is 0.203. The largest absolute Gasteiger partial charge is 0.309 e. The number of hydrogen-bond donors (Lipinski definition) is 0. The van der Waals surface area contributed by atoms with Crippen molar-refractivity contribution in [1.82, 2.24) is 19.5 Å². The second-order valence-electron chi connectivity index (χ2n) is 11.0. The van der Waals surface area contributed by atoms with Gasteiger partial charge < -0.3 is 4.57 Å². The summed E-state index contributed by atoms with van der Waals surface area (Å²) in [5.41, 5.74) is 11.3. The van der Waals surface area contributed by atoms with Crippen LogP contribution in [0.3, 0.4) is 0 Å². The summed E-state index contributed by atoms with van der Waals surface area (Å²) in [6.45, 7) is 0. The Bertz CT molecular complexity index is 2240. The van der Waals surface area contributed by atoms with Gasteiger partial charge in [-0.15, -0.1) is 0 Å². The molecule has 2 aromatic heterocycles. The predicted molar refractivity (Wildman–Crippen MR) is 185 cm³/mol. The van der Waals surface area contributed by atoms with Crippen LogP contribution in [0.1, 0.15) is 11.1 Å². The van der Waals surface area contributed by atoms with Crippen LogP contribution in [0.15, 0.2) is 152 Å². The zero-order valence-electron chi connectivity index (χ0n) is 24.3. The van der Waals surface area contributed by atoms with E-state index in [1.54, 1.807) is 0 Å². The van der Waals surface area contributed by atoms with Gasteiger partial charge in [0.25, 0.3) is 0 Å². The van der Waals surface area contributed by atoms with E-state index in [1.165, 1.54) is 49.7 Å². The Kier molecular flexibility index (Phi) is 6.90. The van der Waals surface area contributed by atoms with Gasteiger partial charge in [0, 0.05) is 34.0 Å². The molecule has 0 fully saturated rings. The summed E-state index contributed by atoms with van der Waals surface area (Å²) in [7, 11) is 0. The third-order valence-electron chi connectivity index (χ3n) is 8.30. The fourth-order valence-corrected chi connectivity index (χ4v) is 6.47. The molecule has 2 heterocycles. The third-order valence-corrected chi connectivity index (χ3v) is 8.47. The Morgan fingerprint density at radius 3 is 1.76 bits per heavy atom. The van der Waals surface area contributed by atoms with Crippen molar-refractivity contribution in [1.29, 1.82) is 0 Å². The van der Waals surface area contributed by atoms with E-state index in [-0.39, 0.29) is 5.28 Å². The Balaban J connectivity index is 0.000000141. The highest BCUT2D eigenvalue weighted by Crippen LogP contribution is 2.43. The Morgan fingerprint density at radius 1 is 0.489 bits per heavy atom. The van der Waals surface area contributed by atoms with Crippen LogP contribution in [0, 0.1) is 0 Å². The van der Waals surface area contributed by atoms with Crippen LogP contribution in [-0.2, 0) is 6.42 Å². The maximum atomic E-state index is 5.99. The number of hydrogen-bond acceptors (Lipinski definition) is 3. The zero-order chi connectivity index (χ0) is 30.2. The number of benzene rings is 6. The number of nitrogens with zero attached hydrogens (tertiary/aromatic N) is 4. The van der Waals surface area contributed by atoms with E-state index >= 15 is 0 Å². The average Bonchev–Trinajstić information content (AvgIpc) is 3.66. The molecule has 214 valence electrons. The summed E-state index contributed by atoms with van der Waals surface area (Å²) >= 11 is 5.99. The Labute approximate surface area is 266 Å². The Morgan fingerprint density at radius 2 is 1.07 bits per heavy atom. The minimum absolute atomic E-state index is 0.202. The van der Waals surface area contributed by atoms with Crippen molar-refractivity contribution in [3.8, 4) is 39.6 Å². The molecule has 0 saturated heterocycles. The minimum Gasteiger partial charge on any atom is -0.309 e. The van der Waals surface area contributed by atoms with E-state index in [9.17, 15) is 0 Å². The first-order chi connectivity index (χ1) is 22.2. The molecule has 0 bridgehead atoms. The molecule has 1 aliphatic carbocycles. The highest BCUT2D eigenvalue weighted by molar-refractivity contribution is 6.28. The van der Waals surface area contributed by atoms with E-state index < -0.39 is 0 Å². The summed E-state index contributed by atoms with van der Waals surface area (Å²) in [5, 5.41) is 2.87. The van der Waals surface area contributed by atoms with Gasteiger partial charge in [-0.25, -0.2) is 4.98 Å². The second kappa shape index (κ2) is 11.5. The molecule has 4 nitrogen and oxygen atoms in total. The standard InChI is InChI=1S/C25H17N.C15H10ClN3/c1-2-9-18(10-3-1)26-24-13-7-6-12-21(24)22-15-14-20-19-11-5-4-8-17(19)16-23(20)25(22)26;16-15-18-13(11-7-3-1-4-8-11)17-14(19-15)12-9-5-2-6-10-12/h1-15H,16H2;1-10H.